The molecule has 1 heterocycles. The molecule has 0 aromatic heterocycles. The summed E-state index contributed by atoms with van der Waals surface area (Å²) in [7, 11) is 0. The third-order valence-corrected chi connectivity index (χ3v) is 4.39. The van der Waals surface area contributed by atoms with Gasteiger partial charge in [-0.05, 0) is 31.6 Å². The quantitative estimate of drug-likeness (QED) is 0.767. The van der Waals surface area contributed by atoms with E-state index in [2.05, 4.69) is 5.32 Å². The average molecular weight is 250 g/mol. The van der Waals surface area contributed by atoms with Gasteiger partial charge < -0.3 is 0 Å². The summed E-state index contributed by atoms with van der Waals surface area (Å²) >= 11 is 0. The zero-order chi connectivity index (χ0) is 12.9. The molecule has 4 amide bonds. The summed E-state index contributed by atoms with van der Waals surface area (Å²) in [4.78, 5) is 37.3. The number of carbonyl (C=O) groups excluding carboxylic acids is 3. The zero-order valence-corrected chi connectivity index (χ0v) is 10.6. The summed E-state index contributed by atoms with van der Waals surface area (Å²) < 4.78 is 0. The number of barbiturate groups is 1. The van der Waals surface area contributed by atoms with E-state index in [1.165, 1.54) is 17.7 Å². The Morgan fingerprint density at radius 2 is 2.00 bits per heavy atom. The maximum atomic E-state index is 12.4. The monoisotopic (exact) mass is 250 g/mol. The van der Waals surface area contributed by atoms with E-state index in [9.17, 15) is 14.4 Å². The van der Waals surface area contributed by atoms with Crippen LogP contribution in [0.2, 0.25) is 0 Å². The number of imide groups is 2. The second-order valence-electron chi connectivity index (χ2n) is 5.76. The Kier molecular flexibility index (Phi) is 2.47. The van der Waals surface area contributed by atoms with Gasteiger partial charge in [-0.1, -0.05) is 19.8 Å². The number of hydrogen-bond acceptors (Lipinski definition) is 3. The summed E-state index contributed by atoms with van der Waals surface area (Å²) in [6.45, 7) is 1.99. The molecular formula is C13H18N2O3. The number of nitrogens with one attached hydrogen (secondary N) is 1. The maximum Gasteiger partial charge on any atom is 0.331 e. The molecule has 2 aliphatic carbocycles. The van der Waals surface area contributed by atoms with Gasteiger partial charge in [0.2, 0.25) is 11.8 Å². The van der Waals surface area contributed by atoms with Crippen LogP contribution in [0, 0.1) is 11.3 Å². The van der Waals surface area contributed by atoms with Crippen molar-refractivity contribution in [1.29, 1.82) is 0 Å². The Balaban J connectivity index is 1.82. The predicted octanol–water partition coefficient (Wildman–Crippen LogP) is 1.42. The van der Waals surface area contributed by atoms with Gasteiger partial charge in [-0.3, -0.25) is 19.8 Å². The van der Waals surface area contributed by atoms with E-state index in [-0.39, 0.29) is 11.9 Å². The van der Waals surface area contributed by atoms with Crippen molar-refractivity contribution >= 4 is 17.8 Å². The lowest BCUT2D eigenvalue weighted by atomic mass is 9.97. The normalized spacial score (nSPS) is 27.4. The minimum atomic E-state index is -0.898. The lowest BCUT2D eigenvalue weighted by molar-refractivity contribution is -0.146. The topological polar surface area (TPSA) is 66.5 Å². The first-order chi connectivity index (χ1) is 8.58. The van der Waals surface area contributed by atoms with Crippen LogP contribution in [0.1, 0.15) is 45.4 Å². The van der Waals surface area contributed by atoms with Gasteiger partial charge in [0.1, 0.15) is 5.41 Å². The number of rotatable bonds is 4. The van der Waals surface area contributed by atoms with Gasteiger partial charge in [0, 0.05) is 6.04 Å². The molecule has 1 N–H and O–H groups in total. The van der Waals surface area contributed by atoms with Gasteiger partial charge in [0.25, 0.3) is 0 Å². The number of nitrogens with zero attached hydrogens (tertiary/aromatic N) is 1. The minimum Gasteiger partial charge on any atom is -0.277 e. The fourth-order valence-electron chi connectivity index (χ4n) is 2.79. The molecule has 5 nitrogen and oxygen atoms in total. The summed E-state index contributed by atoms with van der Waals surface area (Å²) in [6, 6.07) is -0.564. The van der Waals surface area contributed by atoms with Crippen LogP contribution >= 0.6 is 0 Å². The third kappa shape index (κ3) is 1.64. The van der Waals surface area contributed by atoms with Crippen molar-refractivity contribution in [1.82, 2.24) is 10.2 Å². The van der Waals surface area contributed by atoms with Crippen LogP contribution in [0.4, 0.5) is 4.79 Å². The van der Waals surface area contributed by atoms with Crippen LogP contribution in [-0.2, 0) is 9.59 Å². The summed E-state index contributed by atoms with van der Waals surface area (Å²) in [5, 5.41) is 2.35. The Labute approximate surface area is 106 Å². The molecule has 3 aliphatic rings. The van der Waals surface area contributed by atoms with Crippen molar-refractivity contribution in [2.24, 2.45) is 11.3 Å². The standard InChI is InChI=1S/C13H18N2O3/c1-2-9(7-8-3-4-8)15-11(17)13(5-6-13)10(16)14-12(15)18/h8-9H,2-7H2,1H3,(H,14,16,18). The fourth-order valence-corrected chi connectivity index (χ4v) is 2.79. The number of urea groups is 1. The van der Waals surface area contributed by atoms with Crippen molar-refractivity contribution in [2.45, 2.75) is 51.5 Å². The molecule has 0 aromatic rings. The highest BCUT2D eigenvalue weighted by molar-refractivity contribution is 6.21. The molecule has 18 heavy (non-hydrogen) atoms. The number of hydrogen-bond donors (Lipinski definition) is 1. The van der Waals surface area contributed by atoms with Gasteiger partial charge in [0.05, 0.1) is 0 Å². The van der Waals surface area contributed by atoms with Gasteiger partial charge in [-0.15, -0.1) is 0 Å². The molecule has 3 fully saturated rings. The van der Waals surface area contributed by atoms with Crippen LogP contribution in [0.15, 0.2) is 0 Å². The summed E-state index contributed by atoms with van der Waals surface area (Å²) in [5.74, 6) is 0.00195. The van der Waals surface area contributed by atoms with Crippen LogP contribution in [0.5, 0.6) is 0 Å². The fraction of sp³-hybridized carbons (Fsp3) is 0.769. The van der Waals surface area contributed by atoms with E-state index in [1.54, 1.807) is 0 Å². The molecule has 0 aromatic carbocycles. The second-order valence-corrected chi connectivity index (χ2v) is 5.76. The highest BCUT2D eigenvalue weighted by atomic mass is 16.2. The summed E-state index contributed by atoms with van der Waals surface area (Å²) in [5.41, 5.74) is -0.898. The Morgan fingerprint density at radius 1 is 1.33 bits per heavy atom. The molecule has 1 unspecified atom stereocenters. The van der Waals surface area contributed by atoms with Gasteiger partial charge >= 0.3 is 6.03 Å². The second kappa shape index (κ2) is 3.80. The van der Waals surface area contributed by atoms with E-state index in [0.29, 0.717) is 18.8 Å². The molecule has 98 valence electrons. The zero-order valence-electron chi connectivity index (χ0n) is 10.6. The van der Waals surface area contributed by atoms with E-state index < -0.39 is 17.4 Å². The van der Waals surface area contributed by atoms with Gasteiger partial charge in [-0.25, -0.2) is 4.79 Å². The average Bonchev–Trinajstić information content (AvgIpc) is 3.20. The van der Waals surface area contributed by atoms with Crippen molar-refractivity contribution in [3.63, 3.8) is 0 Å². The number of carbonyl (C=O) groups is 3. The predicted molar refractivity (Wildman–Crippen MR) is 63.5 cm³/mol. The van der Waals surface area contributed by atoms with Crippen molar-refractivity contribution in [3.05, 3.63) is 0 Å². The minimum absolute atomic E-state index is 0.0458. The molecular weight excluding hydrogens is 232 g/mol. The van der Waals surface area contributed by atoms with Crippen molar-refractivity contribution in [2.75, 3.05) is 0 Å². The van der Waals surface area contributed by atoms with E-state index in [4.69, 9.17) is 0 Å². The molecule has 0 bridgehead atoms. The molecule has 5 heteroatoms. The van der Waals surface area contributed by atoms with E-state index in [0.717, 1.165) is 12.8 Å². The van der Waals surface area contributed by atoms with Gasteiger partial charge in [0.15, 0.2) is 0 Å². The Morgan fingerprint density at radius 3 is 2.50 bits per heavy atom. The maximum absolute atomic E-state index is 12.4. The van der Waals surface area contributed by atoms with Crippen molar-refractivity contribution in [3.8, 4) is 0 Å². The number of amides is 4. The van der Waals surface area contributed by atoms with Crippen LogP contribution < -0.4 is 5.32 Å². The Bertz CT molecular complexity index is 424. The molecule has 1 aliphatic heterocycles. The highest BCUT2D eigenvalue weighted by Crippen LogP contribution is 2.50. The van der Waals surface area contributed by atoms with Crippen LogP contribution in [-0.4, -0.2) is 28.8 Å². The third-order valence-electron chi connectivity index (χ3n) is 4.39. The first-order valence-corrected chi connectivity index (χ1v) is 6.77. The van der Waals surface area contributed by atoms with Crippen molar-refractivity contribution < 1.29 is 14.4 Å². The van der Waals surface area contributed by atoms with E-state index in [1.807, 2.05) is 6.92 Å². The Hall–Kier alpha value is -1.39. The first-order valence-electron chi connectivity index (χ1n) is 6.77. The molecule has 1 spiro atoms. The smallest absolute Gasteiger partial charge is 0.277 e. The molecule has 3 rings (SSSR count). The molecule has 2 saturated carbocycles. The van der Waals surface area contributed by atoms with Gasteiger partial charge in [-0.2, -0.15) is 0 Å². The van der Waals surface area contributed by atoms with Crippen LogP contribution in [0.25, 0.3) is 0 Å². The van der Waals surface area contributed by atoms with E-state index >= 15 is 0 Å². The molecule has 0 radical (unpaired) electrons. The first kappa shape index (κ1) is 11.7. The SMILES string of the molecule is CCC(CC1CC1)N1C(=O)NC(=O)C2(CC2)C1=O. The highest BCUT2D eigenvalue weighted by Gasteiger charge is 2.63. The summed E-state index contributed by atoms with van der Waals surface area (Å²) in [6.07, 6.45) is 5.22. The molecule has 1 atom stereocenters. The largest absolute Gasteiger partial charge is 0.331 e. The molecule has 1 saturated heterocycles. The lowest BCUT2D eigenvalue weighted by Crippen LogP contribution is -2.62. The lowest BCUT2D eigenvalue weighted by Gasteiger charge is -2.35. The van der Waals surface area contributed by atoms with Crippen LogP contribution in [0.3, 0.4) is 0 Å².